The molecule has 0 fully saturated rings. The van der Waals surface area contributed by atoms with Crippen LogP contribution < -0.4 is 5.32 Å². The van der Waals surface area contributed by atoms with E-state index in [-0.39, 0.29) is 11.9 Å². The maximum Gasteiger partial charge on any atom is 0.253 e. The van der Waals surface area contributed by atoms with Crippen LogP contribution >= 0.6 is 0 Å². The fourth-order valence-corrected chi connectivity index (χ4v) is 1.56. The number of carbonyl (C=O) groups is 1. The monoisotopic (exact) mass is 217 g/mol. The Morgan fingerprint density at radius 1 is 1.56 bits per heavy atom. The Morgan fingerprint density at radius 3 is 3.12 bits per heavy atom. The maximum atomic E-state index is 12.0. The van der Waals surface area contributed by atoms with Gasteiger partial charge in [0.2, 0.25) is 0 Å². The molecule has 84 valence electrons. The van der Waals surface area contributed by atoms with E-state index >= 15 is 0 Å². The second-order valence-corrected chi connectivity index (χ2v) is 3.92. The van der Waals surface area contributed by atoms with Crippen LogP contribution in [0.5, 0.6) is 0 Å². The molecule has 0 saturated heterocycles. The largest absolute Gasteiger partial charge is 0.350 e. The zero-order chi connectivity index (χ0) is 11.5. The molecule has 4 heteroatoms. The van der Waals surface area contributed by atoms with Crippen LogP contribution in [0.1, 0.15) is 30.6 Å². The van der Waals surface area contributed by atoms with Crippen molar-refractivity contribution in [2.24, 2.45) is 0 Å². The molecule has 0 unspecified atom stereocenters. The predicted molar refractivity (Wildman–Crippen MR) is 63.3 cm³/mol. The maximum absolute atomic E-state index is 12.0. The van der Waals surface area contributed by atoms with Gasteiger partial charge in [0.1, 0.15) is 0 Å². The molecule has 4 nitrogen and oxygen atoms in total. The fraction of sp³-hybridized carbons (Fsp3) is 0.333. The Balaban J connectivity index is 2.32. The van der Waals surface area contributed by atoms with Crippen molar-refractivity contribution < 1.29 is 4.79 Å². The molecule has 2 rings (SSSR count). The molecule has 1 heterocycles. The molecule has 0 spiro atoms. The van der Waals surface area contributed by atoms with Crippen molar-refractivity contribution in [3.63, 3.8) is 0 Å². The number of hydrogen-bond donors (Lipinski definition) is 2. The molecule has 1 aromatic carbocycles. The molecule has 16 heavy (non-hydrogen) atoms. The van der Waals surface area contributed by atoms with Crippen molar-refractivity contribution in [3.05, 3.63) is 30.0 Å². The topological polar surface area (TPSA) is 57.8 Å². The summed E-state index contributed by atoms with van der Waals surface area (Å²) >= 11 is 0. The van der Waals surface area contributed by atoms with Crippen molar-refractivity contribution in [2.45, 2.75) is 26.3 Å². The summed E-state index contributed by atoms with van der Waals surface area (Å²) in [6.07, 6.45) is 2.64. The van der Waals surface area contributed by atoms with Crippen LogP contribution in [0, 0.1) is 0 Å². The van der Waals surface area contributed by atoms with Crippen LogP contribution in [-0.4, -0.2) is 22.1 Å². The van der Waals surface area contributed by atoms with Gasteiger partial charge in [-0.15, -0.1) is 0 Å². The molecule has 0 aliphatic heterocycles. The van der Waals surface area contributed by atoms with E-state index in [1.54, 1.807) is 12.3 Å². The van der Waals surface area contributed by atoms with Crippen molar-refractivity contribution in [1.82, 2.24) is 15.5 Å². The molecule has 0 aliphatic carbocycles. The summed E-state index contributed by atoms with van der Waals surface area (Å²) < 4.78 is 0. The van der Waals surface area contributed by atoms with E-state index < -0.39 is 0 Å². The standard InChI is InChI=1S/C12H15N3O/c1-3-8(2)14-12(16)10-6-4-5-9-7-13-15-11(9)10/h4-8H,3H2,1-2H3,(H,13,15)(H,14,16)/t8-/m0/s1. The van der Waals surface area contributed by atoms with Crippen LogP contribution in [0.2, 0.25) is 0 Å². The first-order chi connectivity index (χ1) is 7.72. The molecule has 0 aliphatic rings. The van der Waals surface area contributed by atoms with Crippen LogP contribution in [0.15, 0.2) is 24.4 Å². The van der Waals surface area contributed by atoms with E-state index in [1.807, 2.05) is 26.0 Å². The third-order valence-corrected chi connectivity index (χ3v) is 2.71. The van der Waals surface area contributed by atoms with Crippen molar-refractivity contribution in [1.29, 1.82) is 0 Å². The minimum Gasteiger partial charge on any atom is -0.350 e. The van der Waals surface area contributed by atoms with Gasteiger partial charge in [0.25, 0.3) is 5.91 Å². The van der Waals surface area contributed by atoms with E-state index in [0.717, 1.165) is 17.3 Å². The van der Waals surface area contributed by atoms with E-state index in [4.69, 9.17) is 0 Å². The van der Waals surface area contributed by atoms with Gasteiger partial charge < -0.3 is 5.32 Å². The van der Waals surface area contributed by atoms with E-state index in [9.17, 15) is 4.79 Å². The summed E-state index contributed by atoms with van der Waals surface area (Å²) in [5, 5.41) is 10.7. The SMILES string of the molecule is CC[C@H](C)NC(=O)c1cccc2cn[nH]c12. The number of hydrogen-bond acceptors (Lipinski definition) is 2. The number of nitrogens with zero attached hydrogens (tertiary/aromatic N) is 1. The quantitative estimate of drug-likeness (QED) is 0.827. The molecular formula is C12H15N3O. The molecule has 0 radical (unpaired) electrons. The molecule has 1 amide bonds. The number of H-pyrrole nitrogens is 1. The number of benzene rings is 1. The van der Waals surface area contributed by atoms with Crippen LogP contribution in [0.3, 0.4) is 0 Å². The molecule has 1 aromatic heterocycles. The van der Waals surface area contributed by atoms with Crippen LogP contribution in [0.25, 0.3) is 10.9 Å². The highest BCUT2D eigenvalue weighted by Gasteiger charge is 2.12. The number of para-hydroxylation sites is 1. The molecule has 0 saturated carbocycles. The highest BCUT2D eigenvalue weighted by molar-refractivity contribution is 6.05. The summed E-state index contributed by atoms with van der Waals surface area (Å²) in [6, 6.07) is 5.78. The number of nitrogens with one attached hydrogen (secondary N) is 2. The molecule has 2 aromatic rings. The molecular weight excluding hydrogens is 202 g/mol. The number of carbonyl (C=O) groups excluding carboxylic acids is 1. The number of aromatic amines is 1. The number of rotatable bonds is 3. The average molecular weight is 217 g/mol. The van der Waals surface area contributed by atoms with Gasteiger partial charge in [-0.1, -0.05) is 19.1 Å². The van der Waals surface area contributed by atoms with E-state index in [0.29, 0.717) is 5.56 Å². The van der Waals surface area contributed by atoms with Gasteiger partial charge in [0, 0.05) is 11.4 Å². The Kier molecular flexibility index (Phi) is 2.90. The number of amides is 1. The molecule has 2 N–H and O–H groups in total. The minimum atomic E-state index is -0.0517. The zero-order valence-electron chi connectivity index (χ0n) is 9.45. The second-order valence-electron chi connectivity index (χ2n) is 3.92. The summed E-state index contributed by atoms with van der Waals surface area (Å²) in [7, 11) is 0. The minimum absolute atomic E-state index is 0.0517. The lowest BCUT2D eigenvalue weighted by molar-refractivity contribution is 0.0941. The van der Waals surface area contributed by atoms with Gasteiger partial charge in [-0.05, 0) is 19.4 Å². The zero-order valence-corrected chi connectivity index (χ0v) is 9.45. The predicted octanol–water partition coefficient (Wildman–Crippen LogP) is 2.09. The normalized spacial score (nSPS) is 12.6. The highest BCUT2D eigenvalue weighted by atomic mass is 16.1. The lowest BCUT2D eigenvalue weighted by Gasteiger charge is -2.11. The summed E-state index contributed by atoms with van der Waals surface area (Å²) in [5.74, 6) is -0.0517. The average Bonchev–Trinajstić information content (AvgIpc) is 2.76. The Morgan fingerprint density at radius 2 is 2.38 bits per heavy atom. The van der Waals surface area contributed by atoms with Gasteiger partial charge >= 0.3 is 0 Å². The van der Waals surface area contributed by atoms with Crippen molar-refractivity contribution >= 4 is 16.8 Å². The first-order valence-corrected chi connectivity index (χ1v) is 5.45. The Labute approximate surface area is 94.0 Å². The highest BCUT2D eigenvalue weighted by Crippen LogP contribution is 2.15. The van der Waals surface area contributed by atoms with Crippen LogP contribution in [0.4, 0.5) is 0 Å². The molecule has 1 atom stereocenters. The number of fused-ring (bicyclic) bond motifs is 1. The number of aromatic nitrogens is 2. The fourth-order valence-electron chi connectivity index (χ4n) is 1.56. The lowest BCUT2D eigenvalue weighted by atomic mass is 10.1. The van der Waals surface area contributed by atoms with E-state index in [2.05, 4.69) is 15.5 Å². The Hall–Kier alpha value is -1.84. The van der Waals surface area contributed by atoms with Crippen molar-refractivity contribution in [3.8, 4) is 0 Å². The lowest BCUT2D eigenvalue weighted by Crippen LogP contribution is -2.32. The van der Waals surface area contributed by atoms with Gasteiger partial charge in [-0.25, -0.2) is 0 Å². The first-order valence-electron chi connectivity index (χ1n) is 5.45. The summed E-state index contributed by atoms with van der Waals surface area (Å²) in [5.41, 5.74) is 1.44. The molecule has 0 bridgehead atoms. The Bertz CT molecular complexity index is 504. The third kappa shape index (κ3) is 1.91. The van der Waals surface area contributed by atoms with Gasteiger partial charge in [0.15, 0.2) is 0 Å². The smallest absolute Gasteiger partial charge is 0.253 e. The van der Waals surface area contributed by atoms with Gasteiger partial charge in [-0.3, -0.25) is 9.89 Å². The van der Waals surface area contributed by atoms with Crippen LogP contribution in [-0.2, 0) is 0 Å². The van der Waals surface area contributed by atoms with Crippen molar-refractivity contribution in [2.75, 3.05) is 0 Å². The summed E-state index contributed by atoms with van der Waals surface area (Å²) in [4.78, 5) is 12.0. The first kappa shape index (κ1) is 10.7. The van der Waals surface area contributed by atoms with Gasteiger partial charge in [-0.2, -0.15) is 5.10 Å². The van der Waals surface area contributed by atoms with E-state index in [1.165, 1.54) is 0 Å². The second kappa shape index (κ2) is 4.35. The summed E-state index contributed by atoms with van der Waals surface area (Å²) in [6.45, 7) is 4.03. The van der Waals surface area contributed by atoms with Gasteiger partial charge in [0.05, 0.1) is 17.3 Å². The third-order valence-electron chi connectivity index (χ3n) is 2.71.